The Bertz CT molecular complexity index is 344. The van der Waals surface area contributed by atoms with Crippen LogP contribution in [0.4, 0.5) is 0 Å². The Kier molecular flexibility index (Phi) is 5.07. The van der Waals surface area contributed by atoms with E-state index < -0.39 is 0 Å². The summed E-state index contributed by atoms with van der Waals surface area (Å²) in [4.78, 5) is 12.4. The Morgan fingerprint density at radius 1 is 1.67 bits per heavy atom. The molecule has 0 aromatic carbocycles. The number of rotatable bonds is 5. The minimum absolute atomic E-state index is 0.105. The molecule has 0 fully saturated rings. The van der Waals surface area contributed by atoms with Gasteiger partial charge in [-0.05, 0) is 36.4 Å². The van der Waals surface area contributed by atoms with Gasteiger partial charge in [0.15, 0.2) is 0 Å². The number of carbonyl (C=O) groups is 1. The van der Waals surface area contributed by atoms with E-state index in [2.05, 4.69) is 5.32 Å². The summed E-state index contributed by atoms with van der Waals surface area (Å²) in [5, 5.41) is 13.2. The first-order valence-electron chi connectivity index (χ1n) is 4.85. The molecule has 1 aromatic heterocycles. The van der Waals surface area contributed by atoms with Crippen molar-refractivity contribution in [3.63, 3.8) is 0 Å². The van der Waals surface area contributed by atoms with Crippen LogP contribution in [0.1, 0.15) is 16.9 Å². The molecule has 0 saturated carbocycles. The van der Waals surface area contributed by atoms with E-state index in [9.17, 15) is 4.79 Å². The zero-order valence-electron chi connectivity index (χ0n) is 8.69. The SMILES string of the molecule is Cc1ccsc1/C=C/C(=O)NCCCO. The first-order valence-corrected chi connectivity index (χ1v) is 5.73. The summed E-state index contributed by atoms with van der Waals surface area (Å²) in [6.45, 7) is 2.64. The molecule has 0 aliphatic rings. The number of amides is 1. The number of hydrogen-bond donors (Lipinski definition) is 2. The van der Waals surface area contributed by atoms with E-state index in [-0.39, 0.29) is 12.5 Å². The lowest BCUT2D eigenvalue weighted by atomic mass is 10.3. The van der Waals surface area contributed by atoms with Gasteiger partial charge >= 0.3 is 0 Å². The molecule has 0 aliphatic heterocycles. The standard InChI is InChI=1S/C11H15NO2S/c1-9-5-8-15-10(9)3-4-11(14)12-6-2-7-13/h3-5,8,13H,2,6-7H2,1H3,(H,12,14)/b4-3+. The van der Waals surface area contributed by atoms with Crippen LogP contribution < -0.4 is 5.32 Å². The molecular formula is C11H15NO2S. The minimum Gasteiger partial charge on any atom is -0.396 e. The number of aryl methyl sites for hydroxylation is 1. The fraction of sp³-hybridized carbons (Fsp3) is 0.364. The molecule has 0 aliphatic carbocycles. The molecule has 1 heterocycles. The average molecular weight is 225 g/mol. The van der Waals surface area contributed by atoms with Gasteiger partial charge in [-0.1, -0.05) is 0 Å². The van der Waals surface area contributed by atoms with Crippen LogP contribution in [0.25, 0.3) is 6.08 Å². The van der Waals surface area contributed by atoms with Gasteiger partial charge in [0, 0.05) is 24.1 Å². The van der Waals surface area contributed by atoms with Gasteiger partial charge in [0.05, 0.1) is 0 Å². The molecule has 0 bridgehead atoms. The van der Waals surface area contributed by atoms with Crippen LogP contribution in [0.3, 0.4) is 0 Å². The van der Waals surface area contributed by atoms with Gasteiger partial charge in [-0.3, -0.25) is 4.79 Å². The smallest absolute Gasteiger partial charge is 0.244 e. The summed E-state index contributed by atoms with van der Waals surface area (Å²) in [5.74, 6) is -0.115. The predicted octanol–water partition coefficient (Wildman–Crippen LogP) is 1.57. The van der Waals surface area contributed by atoms with Crippen molar-refractivity contribution >= 4 is 23.3 Å². The lowest BCUT2D eigenvalue weighted by molar-refractivity contribution is -0.116. The van der Waals surface area contributed by atoms with E-state index in [1.807, 2.05) is 24.4 Å². The molecule has 4 heteroatoms. The monoisotopic (exact) mass is 225 g/mol. The third-order valence-electron chi connectivity index (χ3n) is 1.92. The van der Waals surface area contributed by atoms with E-state index in [1.165, 1.54) is 11.6 Å². The summed E-state index contributed by atoms with van der Waals surface area (Å²) in [7, 11) is 0. The highest BCUT2D eigenvalue weighted by Gasteiger charge is 1.97. The van der Waals surface area contributed by atoms with Crippen LogP contribution in [0, 0.1) is 6.92 Å². The molecule has 0 unspecified atom stereocenters. The Labute approximate surface area is 93.4 Å². The number of aliphatic hydroxyl groups excluding tert-OH is 1. The Morgan fingerprint density at radius 3 is 3.07 bits per heavy atom. The first kappa shape index (κ1) is 11.9. The molecule has 0 atom stereocenters. The summed E-state index contributed by atoms with van der Waals surface area (Å²) in [6, 6.07) is 2.02. The molecule has 82 valence electrons. The maximum absolute atomic E-state index is 11.2. The summed E-state index contributed by atoms with van der Waals surface area (Å²) < 4.78 is 0. The zero-order chi connectivity index (χ0) is 11.1. The number of aliphatic hydroxyl groups is 1. The molecule has 1 amide bonds. The highest BCUT2D eigenvalue weighted by atomic mass is 32.1. The highest BCUT2D eigenvalue weighted by Crippen LogP contribution is 2.16. The topological polar surface area (TPSA) is 49.3 Å². The molecule has 0 radical (unpaired) electrons. The van der Waals surface area contributed by atoms with E-state index >= 15 is 0 Å². The van der Waals surface area contributed by atoms with Gasteiger partial charge < -0.3 is 10.4 Å². The molecule has 0 saturated heterocycles. The van der Waals surface area contributed by atoms with Crippen molar-refractivity contribution in [3.8, 4) is 0 Å². The summed E-state index contributed by atoms with van der Waals surface area (Å²) >= 11 is 1.61. The van der Waals surface area contributed by atoms with Crippen molar-refractivity contribution in [1.82, 2.24) is 5.32 Å². The average Bonchev–Trinajstić information content (AvgIpc) is 2.61. The number of nitrogens with one attached hydrogen (secondary N) is 1. The summed E-state index contributed by atoms with van der Waals surface area (Å²) in [5.41, 5.74) is 1.18. The Balaban J connectivity index is 2.38. The van der Waals surface area contributed by atoms with Crippen molar-refractivity contribution in [2.24, 2.45) is 0 Å². The highest BCUT2D eigenvalue weighted by molar-refractivity contribution is 7.11. The van der Waals surface area contributed by atoms with Crippen LogP contribution >= 0.6 is 11.3 Å². The Hall–Kier alpha value is -1.13. The first-order chi connectivity index (χ1) is 7.24. The molecule has 2 N–H and O–H groups in total. The maximum atomic E-state index is 11.2. The molecule has 0 spiro atoms. The second kappa shape index (κ2) is 6.37. The summed E-state index contributed by atoms with van der Waals surface area (Å²) in [6.07, 6.45) is 3.93. The molecule has 3 nitrogen and oxygen atoms in total. The molecule has 1 rings (SSSR count). The fourth-order valence-corrected chi connectivity index (χ4v) is 1.88. The minimum atomic E-state index is -0.115. The third-order valence-corrected chi connectivity index (χ3v) is 2.91. The lowest BCUT2D eigenvalue weighted by Gasteiger charge is -1.98. The van der Waals surface area contributed by atoms with E-state index in [0.717, 1.165) is 4.88 Å². The number of carbonyl (C=O) groups excluding carboxylic acids is 1. The van der Waals surface area contributed by atoms with Gasteiger partial charge in [-0.15, -0.1) is 11.3 Å². The van der Waals surface area contributed by atoms with Crippen molar-refractivity contribution in [2.45, 2.75) is 13.3 Å². The maximum Gasteiger partial charge on any atom is 0.244 e. The quantitative estimate of drug-likeness (QED) is 0.590. The van der Waals surface area contributed by atoms with Gasteiger partial charge in [-0.25, -0.2) is 0 Å². The predicted molar refractivity (Wildman–Crippen MR) is 62.8 cm³/mol. The van der Waals surface area contributed by atoms with Crippen LogP contribution in [-0.4, -0.2) is 24.2 Å². The third kappa shape index (κ3) is 4.27. The number of thiophene rings is 1. The van der Waals surface area contributed by atoms with Gasteiger partial charge in [0.1, 0.15) is 0 Å². The normalized spacial score (nSPS) is 10.8. The second-order valence-corrected chi connectivity index (χ2v) is 4.12. The zero-order valence-corrected chi connectivity index (χ0v) is 9.51. The van der Waals surface area contributed by atoms with Crippen molar-refractivity contribution in [3.05, 3.63) is 28.0 Å². The van der Waals surface area contributed by atoms with Gasteiger partial charge in [-0.2, -0.15) is 0 Å². The van der Waals surface area contributed by atoms with Crippen LogP contribution in [0.15, 0.2) is 17.5 Å². The van der Waals surface area contributed by atoms with Crippen molar-refractivity contribution in [1.29, 1.82) is 0 Å². The number of hydrogen-bond acceptors (Lipinski definition) is 3. The van der Waals surface area contributed by atoms with Gasteiger partial charge in [0.25, 0.3) is 0 Å². The van der Waals surface area contributed by atoms with Crippen LogP contribution in [0.5, 0.6) is 0 Å². The fourth-order valence-electron chi connectivity index (χ4n) is 1.06. The molecular weight excluding hydrogens is 210 g/mol. The van der Waals surface area contributed by atoms with Crippen LogP contribution in [0.2, 0.25) is 0 Å². The van der Waals surface area contributed by atoms with Crippen molar-refractivity contribution in [2.75, 3.05) is 13.2 Å². The molecule has 15 heavy (non-hydrogen) atoms. The van der Waals surface area contributed by atoms with Crippen LogP contribution in [-0.2, 0) is 4.79 Å². The van der Waals surface area contributed by atoms with E-state index in [1.54, 1.807) is 11.3 Å². The van der Waals surface area contributed by atoms with Gasteiger partial charge in [0.2, 0.25) is 5.91 Å². The lowest BCUT2D eigenvalue weighted by Crippen LogP contribution is -2.22. The van der Waals surface area contributed by atoms with E-state index in [0.29, 0.717) is 13.0 Å². The van der Waals surface area contributed by atoms with E-state index in [4.69, 9.17) is 5.11 Å². The Morgan fingerprint density at radius 2 is 2.47 bits per heavy atom. The largest absolute Gasteiger partial charge is 0.396 e. The molecule has 1 aromatic rings. The van der Waals surface area contributed by atoms with Crippen molar-refractivity contribution < 1.29 is 9.90 Å². The second-order valence-electron chi connectivity index (χ2n) is 3.17.